The van der Waals surface area contributed by atoms with Crippen molar-refractivity contribution in [2.75, 3.05) is 0 Å². The Bertz CT molecular complexity index is 125. The summed E-state index contributed by atoms with van der Waals surface area (Å²) in [5.74, 6) is 0.591. The summed E-state index contributed by atoms with van der Waals surface area (Å²) in [6, 6.07) is 0. The summed E-state index contributed by atoms with van der Waals surface area (Å²) >= 11 is 0. The van der Waals surface area contributed by atoms with Gasteiger partial charge in [0.15, 0.2) is 19.5 Å². The van der Waals surface area contributed by atoms with E-state index in [-0.39, 0.29) is 0 Å². The van der Waals surface area contributed by atoms with Gasteiger partial charge < -0.3 is 13.3 Å². The highest BCUT2D eigenvalue weighted by atomic mass is 28.2. The number of rotatable bonds is 7. The molecule has 6 heteroatoms. The number of hydrogen-bond donors (Lipinski definition) is 0. The maximum absolute atomic E-state index is 5.36. The topological polar surface area (TPSA) is 27.7 Å². The van der Waals surface area contributed by atoms with Crippen molar-refractivity contribution in [3.63, 3.8) is 0 Å². The monoisotopic (exact) mass is 221 g/mol. The van der Waals surface area contributed by atoms with Crippen LogP contribution in [-0.2, 0) is 13.3 Å². The van der Waals surface area contributed by atoms with E-state index in [0.717, 1.165) is 0 Å². The zero-order valence-electron chi connectivity index (χ0n) is 8.05. The van der Waals surface area contributed by atoms with Gasteiger partial charge in [0.2, 0.25) is 9.76 Å². The van der Waals surface area contributed by atoms with E-state index in [2.05, 4.69) is 26.2 Å². The van der Waals surface area contributed by atoms with Crippen molar-refractivity contribution in [3.05, 3.63) is 18.6 Å². The molecule has 0 amide bonds. The van der Waals surface area contributed by atoms with Gasteiger partial charge >= 0.3 is 0 Å². The van der Waals surface area contributed by atoms with Gasteiger partial charge in [-0.15, -0.1) is 0 Å². The maximum atomic E-state index is 5.36. The van der Waals surface area contributed by atoms with Crippen LogP contribution in [0.25, 0.3) is 0 Å². The average Bonchev–Trinajstić information content (AvgIpc) is 2.04. The third-order valence-corrected chi connectivity index (χ3v) is 2.84. The molecular formula is C6H17O3Si3. The summed E-state index contributed by atoms with van der Waals surface area (Å²) in [4.78, 5) is 0. The van der Waals surface area contributed by atoms with Crippen molar-refractivity contribution in [1.82, 2.24) is 0 Å². The molecule has 0 aliphatic heterocycles. The molecule has 0 atom stereocenters. The first-order valence-corrected chi connectivity index (χ1v) is 10.2. The summed E-state index contributed by atoms with van der Waals surface area (Å²) in [7, 11) is -1.42. The third kappa shape index (κ3) is 4.88. The van der Waals surface area contributed by atoms with E-state index >= 15 is 0 Å². The Labute approximate surface area is 81.3 Å². The second-order valence-corrected chi connectivity index (χ2v) is 4.61. The molecule has 0 rings (SSSR count). The number of hydrogen-bond acceptors (Lipinski definition) is 3. The van der Waals surface area contributed by atoms with Gasteiger partial charge in [0.25, 0.3) is 6.29 Å². The van der Waals surface area contributed by atoms with Crippen LogP contribution in [-0.4, -0.2) is 29.3 Å². The first kappa shape index (κ1) is 12.1. The van der Waals surface area contributed by atoms with E-state index in [4.69, 9.17) is 13.3 Å². The molecule has 0 aromatic heterocycles. The Hall–Kier alpha value is 0.111. The van der Waals surface area contributed by atoms with Crippen molar-refractivity contribution in [2.45, 2.75) is 19.6 Å². The van der Waals surface area contributed by atoms with E-state index < -0.39 is 29.3 Å². The average molecular weight is 221 g/mol. The minimum atomic E-state index is -0.479. The van der Waals surface area contributed by atoms with Gasteiger partial charge in [-0.05, 0) is 6.55 Å². The maximum Gasteiger partial charge on any atom is 0.268 e. The first-order chi connectivity index (χ1) is 5.76. The smallest absolute Gasteiger partial charge is 0.268 e. The lowest BCUT2D eigenvalue weighted by Gasteiger charge is -2.18. The molecule has 0 heterocycles. The van der Waals surface area contributed by atoms with Crippen LogP contribution in [0, 0.1) is 6.29 Å². The highest BCUT2D eigenvalue weighted by Crippen LogP contribution is 2.14. The van der Waals surface area contributed by atoms with Gasteiger partial charge in [-0.1, -0.05) is 19.7 Å². The lowest BCUT2D eigenvalue weighted by molar-refractivity contribution is 0.126. The van der Waals surface area contributed by atoms with Crippen molar-refractivity contribution in [3.8, 4) is 0 Å². The minimum Gasteiger partial charge on any atom is -0.549 e. The van der Waals surface area contributed by atoms with E-state index in [1.807, 2.05) is 0 Å². The summed E-state index contributed by atoms with van der Waals surface area (Å²) < 4.78 is 16.0. The van der Waals surface area contributed by atoms with Gasteiger partial charge in [-0.3, -0.25) is 0 Å². The van der Waals surface area contributed by atoms with Crippen LogP contribution >= 0.6 is 0 Å². The van der Waals surface area contributed by atoms with Crippen LogP contribution < -0.4 is 0 Å². The van der Waals surface area contributed by atoms with Crippen molar-refractivity contribution in [2.24, 2.45) is 0 Å². The normalized spacial score (nSPS) is 13.3. The Morgan fingerprint density at radius 1 is 0.917 bits per heavy atom. The Morgan fingerprint density at radius 2 is 1.33 bits per heavy atom. The summed E-state index contributed by atoms with van der Waals surface area (Å²) in [5.41, 5.74) is 0. The van der Waals surface area contributed by atoms with Crippen molar-refractivity contribution < 1.29 is 13.3 Å². The molecule has 71 valence electrons. The fourth-order valence-electron chi connectivity index (χ4n) is 0.698. The second-order valence-electron chi connectivity index (χ2n) is 2.01. The van der Waals surface area contributed by atoms with Gasteiger partial charge in [-0.2, -0.15) is 0 Å². The molecule has 0 aromatic carbocycles. The predicted octanol–water partition coefficient (Wildman–Crippen LogP) is -0.565. The lowest BCUT2D eigenvalue weighted by Crippen LogP contribution is -2.15. The van der Waals surface area contributed by atoms with Gasteiger partial charge in [0, 0.05) is 0 Å². The molecule has 1 radical (unpaired) electrons. The lowest BCUT2D eigenvalue weighted by atomic mass is 10.6. The van der Waals surface area contributed by atoms with Crippen LogP contribution in [0.3, 0.4) is 0 Å². The van der Waals surface area contributed by atoms with E-state index in [1.165, 1.54) is 0 Å². The molecule has 0 aliphatic rings. The molecule has 0 aliphatic carbocycles. The van der Waals surface area contributed by atoms with Crippen molar-refractivity contribution >= 4 is 29.3 Å². The standard InChI is InChI=1S/C6H17O3Si3/c1-5(7-10-2)6(8-11-3)9-12-4/h1,10-12H2,2-4H3. The second kappa shape index (κ2) is 7.74. The van der Waals surface area contributed by atoms with Crippen molar-refractivity contribution in [1.29, 1.82) is 0 Å². The minimum absolute atomic E-state index is 0.460. The van der Waals surface area contributed by atoms with E-state index in [0.29, 0.717) is 12.0 Å². The van der Waals surface area contributed by atoms with Crippen LogP contribution in [0.4, 0.5) is 0 Å². The zero-order valence-corrected chi connectivity index (χ0v) is 12.3. The molecule has 0 spiro atoms. The highest BCUT2D eigenvalue weighted by Gasteiger charge is 2.14. The molecule has 0 saturated carbocycles. The van der Waals surface area contributed by atoms with Gasteiger partial charge in [-0.25, -0.2) is 0 Å². The molecule has 0 fully saturated rings. The van der Waals surface area contributed by atoms with Gasteiger partial charge in [0.05, 0.1) is 0 Å². The summed E-state index contributed by atoms with van der Waals surface area (Å²) in [5, 5.41) is 0. The zero-order chi connectivity index (χ0) is 9.40. The van der Waals surface area contributed by atoms with Gasteiger partial charge in [0.1, 0.15) is 5.76 Å². The van der Waals surface area contributed by atoms with E-state index in [1.54, 1.807) is 0 Å². The van der Waals surface area contributed by atoms with Crippen LogP contribution in [0.2, 0.25) is 19.6 Å². The first-order valence-electron chi connectivity index (χ1n) is 4.20. The Morgan fingerprint density at radius 3 is 1.67 bits per heavy atom. The molecule has 0 unspecified atom stereocenters. The summed E-state index contributed by atoms with van der Waals surface area (Å²) in [6.45, 7) is 9.91. The highest BCUT2D eigenvalue weighted by molar-refractivity contribution is 6.27. The molecule has 0 N–H and O–H groups in total. The summed E-state index contributed by atoms with van der Waals surface area (Å²) in [6.07, 6.45) is 0.549. The molecule has 0 bridgehead atoms. The van der Waals surface area contributed by atoms with Crippen LogP contribution in [0.5, 0.6) is 0 Å². The SMILES string of the molecule is C=C(O[SiH2]C)[C](O[SiH2]C)O[SiH2]C. The molecule has 3 nitrogen and oxygen atoms in total. The fraction of sp³-hybridized carbons (Fsp3) is 0.500. The molecule has 12 heavy (non-hydrogen) atoms. The van der Waals surface area contributed by atoms with Crippen LogP contribution in [0.1, 0.15) is 0 Å². The quantitative estimate of drug-likeness (QED) is 0.426. The Balaban J connectivity index is 3.81. The molecule has 0 aromatic rings. The fourth-order valence-corrected chi connectivity index (χ4v) is 2.34. The van der Waals surface area contributed by atoms with Crippen LogP contribution in [0.15, 0.2) is 12.3 Å². The Kier molecular flexibility index (Phi) is 7.82. The predicted molar refractivity (Wildman–Crippen MR) is 58.9 cm³/mol. The molecular weight excluding hydrogens is 204 g/mol. The largest absolute Gasteiger partial charge is 0.549 e. The van der Waals surface area contributed by atoms with E-state index in [9.17, 15) is 0 Å². The molecule has 0 saturated heterocycles. The third-order valence-electron chi connectivity index (χ3n) is 1.10.